The van der Waals surface area contributed by atoms with Crippen molar-refractivity contribution in [3.05, 3.63) is 129 Å². The molecular weight excluding hydrogens is 501 g/mol. The minimum atomic E-state index is -0.816. The molecule has 0 spiro atoms. The lowest BCUT2D eigenvalue weighted by Gasteiger charge is -2.25. The third-order valence-corrected chi connectivity index (χ3v) is 6.65. The number of carbonyl (C=O) groups is 1. The smallest absolute Gasteiger partial charge is 0.291 e. The van der Waals surface area contributed by atoms with E-state index in [9.17, 15) is 14.0 Å². The normalized spacial score (nSPS) is 14.6. The Balaban J connectivity index is 1.46. The predicted octanol–water partition coefficient (Wildman–Crippen LogP) is 6.25. The summed E-state index contributed by atoms with van der Waals surface area (Å²) in [6.45, 7) is 2.69. The number of benzene rings is 3. The second kappa shape index (κ2) is 10.1. The van der Waals surface area contributed by atoms with Gasteiger partial charge in [0, 0.05) is 0 Å². The summed E-state index contributed by atoms with van der Waals surface area (Å²) in [7, 11) is 0. The van der Waals surface area contributed by atoms with Crippen molar-refractivity contribution in [2.75, 3.05) is 6.61 Å². The number of ether oxygens (including phenoxy) is 2. The van der Waals surface area contributed by atoms with E-state index in [2.05, 4.69) is 0 Å². The monoisotopic (exact) mass is 525 g/mol. The fourth-order valence-corrected chi connectivity index (χ4v) is 4.89. The molecule has 0 aliphatic carbocycles. The van der Waals surface area contributed by atoms with Crippen LogP contribution < -0.4 is 14.9 Å². The first-order valence-electron chi connectivity index (χ1n) is 12.6. The van der Waals surface area contributed by atoms with Gasteiger partial charge in [0.1, 0.15) is 23.8 Å². The summed E-state index contributed by atoms with van der Waals surface area (Å²) in [5.41, 5.74) is 1.44. The van der Waals surface area contributed by atoms with E-state index in [1.165, 1.54) is 23.3 Å². The Morgan fingerprint density at radius 1 is 0.923 bits per heavy atom. The third-order valence-electron chi connectivity index (χ3n) is 6.65. The van der Waals surface area contributed by atoms with Crippen molar-refractivity contribution < 1.29 is 27.5 Å². The number of halogens is 1. The number of fused-ring (bicyclic) bond motifs is 2. The first-order chi connectivity index (χ1) is 19.0. The molecule has 39 heavy (non-hydrogen) atoms. The van der Waals surface area contributed by atoms with E-state index in [0.717, 1.165) is 11.6 Å². The van der Waals surface area contributed by atoms with E-state index in [0.29, 0.717) is 36.0 Å². The lowest BCUT2D eigenvalue weighted by atomic mass is 9.98. The van der Waals surface area contributed by atoms with Gasteiger partial charge in [-0.3, -0.25) is 9.59 Å². The highest BCUT2D eigenvalue weighted by Gasteiger charge is 2.43. The molecule has 0 saturated carbocycles. The molecule has 0 fully saturated rings. The summed E-state index contributed by atoms with van der Waals surface area (Å²) >= 11 is 0. The molecule has 8 heteroatoms. The molecule has 5 aromatic rings. The number of carbonyl (C=O) groups excluding carboxylic acids is 1. The van der Waals surface area contributed by atoms with E-state index >= 15 is 0 Å². The number of hydrogen-bond acceptors (Lipinski definition) is 6. The highest BCUT2D eigenvalue weighted by molar-refractivity contribution is 5.99. The van der Waals surface area contributed by atoms with Gasteiger partial charge < -0.3 is 23.2 Å². The maximum atomic E-state index is 14.1. The molecule has 0 saturated heterocycles. The Labute approximate surface area is 223 Å². The van der Waals surface area contributed by atoms with Gasteiger partial charge in [-0.1, -0.05) is 36.4 Å². The fourth-order valence-electron chi connectivity index (χ4n) is 4.89. The molecule has 1 unspecified atom stereocenters. The zero-order valence-corrected chi connectivity index (χ0v) is 21.1. The molecule has 1 aliphatic heterocycles. The SMILES string of the molecule is CCOc1cc(C2c3c(oc4ccc(F)cc4c3=O)C(=O)N2Cc2ccco2)ccc1OCc1ccccc1. The number of rotatable bonds is 8. The molecule has 1 amide bonds. The summed E-state index contributed by atoms with van der Waals surface area (Å²) in [6.07, 6.45) is 1.52. The molecule has 3 heterocycles. The quantitative estimate of drug-likeness (QED) is 0.238. The van der Waals surface area contributed by atoms with Crippen LogP contribution in [-0.2, 0) is 13.2 Å². The summed E-state index contributed by atoms with van der Waals surface area (Å²) in [4.78, 5) is 28.8. The molecular formula is C31H24FNO6. The van der Waals surface area contributed by atoms with Crippen molar-refractivity contribution in [1.82, 2.24) is 4.90 Å². The highest BCUT2D eigenvalue weighted by atomic mass is 19.1. The molecule has 0 N–H and O–H groups in total. The first-order valence-corrected chi connectivity index (χ1v) is 12.6. The lowest BCUT2D eigenvalue weighted by molar-refractivity contribution is 0.0701. The first kappa shape index (κ1) is 24.5. The zero-order chi connectivity index (χ0) is 26.9. The standard InChI is InChI=1S/C31H24FNO6/c1-2-36-26-15-20(10-12-25(26)38-18-19-7-4-3-5-8-19)28-27-29(34)23-16-21(32)11-13-24(23)39-30(27)31(35)33(28)17-22-9-6-14-37-22/h3-16,28H,2,17-18H2,1H3. The third kappa shape index (κ3) is 4.54. The van der Waals surface area contributed by atoms with Crippen LogP contribution in [0, 0.1) is 5.82 Å². The van der Waals surface area contributed by atoms with Crippen molar-refractivity contribution in [2.24, 2.45) is 0 Å². The summed E-state index contributed by atoms with van der Waals surface area (Å²) in [5, 5.41) is 0.0687. The Kier molecular flexibility index (Phi) is 6.36. The molecule has 1 aliphatic rings. The molecule has 3 aromatic carbocycles. The Morgan fingerprint density at radius 2 is 1.77 bits per heavy atom. The van der Waals surface area contributed by atoms with Gasteiger partial charge in [0.15, 0.2) is 16.9 Å². The van der Waals surface area contributed by atoms with Gasteiger partial charge in [-0.15, -0.1) is 0 Å². The number of amides is 1. The molecule has 2 aromatic heterocycles. The Bertz CT molecular complexity index is 1710. The summed E-state index contributed by atoms with van der Waals surface area (Å²) in [5.74, 6) is 0.439. The maximum absolute atomic E-state index is 14.1. The second-order valence-corrected chi connectivity index (χ2v) is 9.14. The van der Waals surface area contributed by atoms with Crippen LogP contribution in [0.25, 0.3) is 11.0 Å². The molecule has 0 bridgehead atoms. The van der Waals surface area contributed by atoms with Crippen molar-refractivity contribution >= 4 is 16.9 Å². The van der Waals surface area contributed by atoms with Gasteiger partial charge in [0.2, 0.25) is 5.76 Å². The van der Waals surface area contributed by atoms with Crippen LogP contribution in [0.4, 0.5) is 4.39 Å². The molecule has 6 rings (SSSR count). The number of nitrogens with zero attached hydrogens (tertiary/aromatic N) is 1. The summed E-state index contributed by atoms with van der Waals surface area (Å²) in [6, 6.07) is 21.4. The van der Waals surface area contributed by atoms with Crippen LogP contribution in [0.5, 0.6) is 11.5 Å². The molecule has 7 nitrogen and oxygen atoms in total. The topological polar surface area (TPSA) is 82.1 Å². The van der Waals surface area contributed by atoms with E-state index in [1.807, 2.05) is 37.3 Å². The van der Waals surface area contributed by atoms with Gasteiger partial charge in [-0.05, 0) is 60.5 Å². The van der Waals surface area contributed by atoms with Crippen LogP contribution >= 0.6 is 0 Å². The minimum absolute atomic E-state index is 0.0687. The fraction of sp³-hybridized carbons (Fsp3) is 0.161. The Morgan fingerprint density at radius 3 is 2.54 bits per heavy atom. The van der Waals surface area contributed by atoms with Crippen molar-refractivity contribution in [2.45, 2.75) is 26.1 Å². The van der Waals surface area contributed by atoms with Crippen LogP contribution in [0.15, 0.2) is 98.8 Å². The highest BCUT2D eigenvalue weighted by Crippen LogP contribution is 2.42. The second-order valence-electron chi connectivity index (χ2n) is 9.14. The maximum Gasteiger partial charge on any atom is 0.291 e. The average molecular weight is 526 g/mol. The zero-order valence-electron chi connectivity index (χ0n) is 21.1. The van der Waals surface area contributed by atoms with Gasteiger partial charge in [-0.25, -0.2) is 4.39 Å². The van der Waals surface area contributed by atoms with Crippen LogP contribution in [0.1, 0.15) is 46.0 Å². The molecule has 1 atom stereocenters. The van der Waals surface area contributed by atoms with Gasteiger partial charge in [0.25, 0.3) is 5.91 Å². The number of hydrogen-bond donors (Lipinski definition) is 0. The number of furan rings is 1. The van der Waals surface area contributed by atoms with E-state index in [-0.39, 0.29) is 28.8 Å². The largest absolute Gasteiger partial charge is 0.490 e. The molecule has 0 radical (unpaired) electrons. The lowest BCUT2D eigenvalue weighted by Crippen LogP contribution is -2.29. The van der Waals surface area contributed by atoms with E-state index < -0.39 is 23.2 Å². The molecule has 196 valence electrons. The van der Waals surface area contributed by atoms with Gasteiger partial charge in [-0.2, -0.15) is 0 Å². The van der Waals surface area contributed by atoms with Gasteiger partial charge in [0.05, 0.1) is 36.4 Å². The van der Waals surface area contributed by atoms with Crippen molar-refractivity contribution in [3.63, 3.8) is 0 Å². The van der Waals surface area contributed by atoms with E-state index in [1.54, 1.807) is 30.3 Å². The predicted molar refractivity (Wildman–Crippen MR) is 141 cm³/mol. The minimum Gasteiger partial charge on any atom is -0.490 e. The summed E-state index contributed by atoms with van der Waals surface area (Å²) < 4.78 is 37.4. The van der Waals surface area contributed by atoms with Crippen molar-refractivity contribution in [3.8, 4) is 11.5 Å². The van der Waals surface area contributed by atoms with Crippen LogP contribution in [0.3, 0.4) is 0 Å². The Hall–Kier alpha value is -4.85. The van der Waals surface area contributed by atoms with Gasteiger partial charge >= 0.3 is 0 Å². The van der Waals surface area contributed by atoms with Crippen molar-refractivity contribution in [1.29, 1.82) is 0 Å². The van der Waals surface area contributed by atoms with Crippen LogP contribution in [0.2, 0.25) is 0 Å². The van der Waals surface area contributed by atoms with Crippen LogP contribution in [-0.4, -0.2) is 17.4 Å². The average Bonchev–Trinajstić information content (AvgIpc) is 3.56. The van der Waals surface area contributed by atoms with E-state index in [4.69, 9.17) is 18.3 Å².